The number of aromatic carboxylic acids is 1. The summed E-state index contributed by atoms with van der Waals surface area (Å²) >= 11 is 1.40. The molecule has 0 spiro atoms. The van der Waals surface area contributed by atoms with E-state index in [0.29, 0.717) is 124 Å². The molecule has 3 aromatic carbocycles. The van der Waals surface area contributed by atoms with Crippen molar-refractivity contribution in [1.82, 2.24) is 39.8 Å². The van der Waals surface area contributed by atoms with Crippen LogP contribution in [0, 0.1) is 23.2 Å². The molecule has 4 saturated carbocycles. The zero-order chi connectivity index (χ0) is 79.4. The van der Waals surface area contributed by atoms with Crippen LogP contribution in [0.3, 0.4) is 0 Å². The number of aromatic nitrogens is 4. The quantitative estimate of drug-likeness (QED) is 0.0109. The number of carbonyl (C=O) groups excluding carboxylic acids is 6. The molecule has 33 heteroatoms. The summed E-state index contributed by atoms with van der Waals surface area (Å²) < 4.78 is 39.3. The van der Waals surface area contributed by atoms with Crippen molar-refractivity contribution < 1.29 is 97.2 Å². The average Bonchev–Trinajstić information content (AvgIpc) is 0.780. The Labute approximate surface area is 650 Å². The predicted octanol–water partition coefficient (Wildman–Crippen LogP) is 7.90. The second-order valence-electron chi connectivity index (χ2n) is 31.6. The maximum absolute atomic E-state index is 13.9. The maximum Gasteiger partial charge on any atom is 0.410 e. The van der Waals surface area contributed by atoms with E-state index in [1.807, 2.05) is 65.0 Å². The minimum Gasteiger partial charge on any atom is -0.479 e. The summed E-state index contributed by atoms with van der Waals surface area (Å²) in [6.07, 6.45) is 5.76. The number of piperidine rings is 1. The molecule has 598 valence electrons. The number of hydrogen-bond donors (Lipinski definition) is 10. The van der Waals surface area contributed by atoms with Gasteiger partial charge in [-0.05, 0) is 172 Å². The van der Waals surface area contributed by atoms with Crippen LogP contribution >= 0.6 is 18.9 Å². The molecule has 0 radical (unpaired) electrons. The molecule has 6 amide bonds. The molecule has 7 heterocycles. The van der Waals surface area contributed by atoms with Crippen molar-refractivity contribution in [2.24, 2.45) is 16.2 Å². The number of aliphatic hydroxyl groups is 3. The molecule has 8 aliphatic rings. The van der Waals surface area contributed by atoms with Crippen molar-refractivity contribution in [3.05, 3.63) is 131 Å². The molecule has 6 fully saturated rings. The SMILES string of the molecule is Cc1c(-c2ccc(N3CCc4cccc(C(=O)Nc5nc6ccccc6s5)c4C3)nc2C(=O)O)cnn1CC12CC3(C)CC(C)(C1)CC(OCCN(CCCP(=O)(O)O)C1CCN(C(=O)OC/C=C/c4ccc(O[C@@H]5O[C@H](C(=O)O)[C@@H](O)[C@H](O)[C@H]5O)c(NC(=O)CCNC(=O)CCCCCN5C(=O)C=CC5=O)c4)CC1)(C3)C2. The minimum atomic E-state index is -4.31. The first kappa shape index (κ1) is 80.7. The third-order valence-electron chi connectivity index (χ3n) is 22.7. The van der Waals surface area contributed by atoms with Crippen molar-refractivity contribution in [1.29, 1.82) is 0 Å². The van der Waals surface area contributed by atoms with Crippen molar-refractivity contribution in [3.8, 4) is 16.9 Å². The largest absolute Gasteiger partial charge is 0.479 e. The zero-order valence-corrected chi connectivity index (χ0v) is 64.5. The second kappa shape index (κ2) is 33.8. The highest BCUT2D eigenvalue weighted by Gasteiger charge is 2.66. The van der Waals surface area contributed by atoms with Gasteiger partial charge in [-0.25, -0.2) is 24.4 Å². The Balaban J connectivity index is 0.611. The molecule has 10 N–H and O–H groups in total. The lowest BCUT2D eigenvalue weighted by atomic mass is 9.39. The van der Waals surface area contributed by atoms with Crippen LogP contribution in [-0.4, -0.2) is 225 Å². The number of carbonyl (C=O) groups is 8. The first-order chi connectivity index (χ1) is 53.4. The fourth-order valence-electron chi connectivity index (χ4n) is 18.7. The molecule has 4 aliphatic carbocycles. The Morgan fingerprint density at radius 1 is 0.795 bits per heavy atom. The van der Waals surface area contributed by atoms with E-state index in [1.54, 1.807) is 35.4 Å². The van der Waals surface area contributed by atoms with E-state index in [0.717, 1.165) is 70.5 Å². The van der Waals surface area contributed by atoms with Crippen molar-refractivity contribution >= 4 is 99.4 Å². The highest BCUT2D eigenvalue weighted by atomic mass is 32.1. The topological polar surface area (TPSA) is 425 Å². The monoisotopic (exact) mass is 1580 g/mol. The number of nitrogens with zero attached hydrogens (tertiary/aromatic N) is 8. The van der Waals surface area contributed by atoms with Crippen LogP contribution in [0.2, 0.25) is 0 Å². The number of rotatable bonds is 32. The number of nitrogens with one attached hydrogen (secondary N) is 3. The number of aliphatic carboxylic acids is 1. The Morgan fingerprint density at radius 2 is 1.55 bits per heavy atom. The van der Waals surface area contributed by atoms with Crippen LogP contribution in [0.15, 0.2) is 97.2 Å². The summed E-state index contributed by atoms with van der Waals surface area (Å²) in [6, 6.07) is 21.4. The van der Waals surface area contributed by atoms with Crippen LogP contribution in [0.4, 0.5) is 21.4 Å². The summed E-state index contributed by atoms with van der Waals surface area (Å²) in [4.78, 5) is 138. The van der Waals surface area contributed by atoms with Crippen molar-refractivity contribution in [2.45, 2.75) is 173 Å². The standard InChI is InChI=1S/C79H96N11O20PS/c1-48-54(52-19-21-60(84-65(52)71(99)100)88-31-25-50-13-9-14-53(55(50)40-88)70(98)85-74-83-56-15-6-7-16-59(56)112-74)39-81-90(48)47-78-42-76(2)41-77(3,43-78)45-79(44-76,46-78)108-36-34-86(29-11-37-111(104,105)106)51-26-32-87(33-27-51)75(103)107-35-10-12-49-18-20-58(109-73-68(97)66(95)67(96)69(110-73)72(101)102)57(38-49)82-62(92)24-28-80-61(91)17-5-4-8-30-89-63(93)22-23-64(89)94/h6-7,9-10,12-16,18-23,38-39,51,66-69,73,95-97H,4-5,8,11,17,24-37,40-47H2,1-3H3,(H,80,91)(H,82,92)(H,99,100)(H,101,102)(H,83,85,98)(H2,104,105,106)/b12-10+/t66-,67-,68+,69-,73+,76?,77?,78?,79?/m0/s1. The van der Waals surface area contributed by atoms with Gasteiger partial charge in [-0.2, -0.15) is 5.10 Å². The number of likely N-dealkylation sites (tertiary alicyclic amines) is 1. The fraction of sp³-hybridized carbons (Fsp3) is 0.506. The number of carboxylic acids is 2. The van der Waals surface area contributed by atoms with Gasteiger partial charge >= 0.3 is 25.6 Å². The molecule has 2 saturated heterocycles. The number of imide groups is 1. The molecular formula is C79H96N11O20PS. The number of para-hydroxylation sites is 1. The van der Waals surface area contributed by atoms with Gasteiger partial charge in [0.1, 0.15) is 36.5 Å². The third-order valence-corrected chi connectivity index (χ3v) is 24.5. The van der Waals surface area contributed by atoms with Crippen LogP contribution in [-0.2, 0) is 62.3 Å². The van der Waals surface area contributed by atoms with E-state index in [2.05, 4.69) is 39.7 Å². The van der Waals surface area contributed by atoms with Crippen molar-refractivity contribution in [2.75, 3.05) is 80.7 Å². The number of amides is 6. The summed E-state index contributed by atoms with van der Waals surface area (Å²) in [5.74, 6) is -4.40. The molecule has 2 unspecified atom stereocenters. The number of benzene rings is 3. The van der Waals surface area contributed by atoms with E-state index in [9.17, 15) is 78.2 Å². The minimum absolute atomic E-state index is 0.00856. The summed E-state index contributed by atoms with van der Waals surface area (Å²) in [6.45, 7) is 10.2. The van der Waals surface area contributed by atoms with Crippen LogP contribution in [0.25, 0.3) is 27.4 Å². The van der Waals surface area contributed by atoms with Crippen LogP contribution in [0.1, 0.15) is 147 Å². The van der Waals surface area contributed by atoms with Gasteiger partial charge in [-0.3, -0.25) is 48.3 Å². The van der Waals surface area contributed by atoms with E-state index in [4.69, 9.17) is 29.0 Å². The fourth-order valence-corrected chi connectivity index (χ4v) is 20.1. The number of pyridine rings is 1. The zero-order valence-electron chi connectivity index (χ0n) is 62.7. The lowest BCUT2D eigenvalue weighted by Gasteiger charge is -2.69. The average molecular weight is 1580 g/mol. The van der Waals surface area contributed by atoms with Gasteiger partial charge in [0.25, 0.3) is 17.7 Å². The number of unbranched alkanes of at least 4 members (excludes halogenated alkanes) is 2. The summed E-state index contributed by atoms with van der Waals surface area (Å²) in [5.41, 5.74) is 4.78. The molecule has 14 rings (SSSR count). The maximum atomic E-state index is 13.9. The van der Waals surface area contributed by atoms with Gasteiger partial charge in [0, 0.05) is 106 Å². The Morgan fingerprint density at radius 3 is 2.29 bits per heavy atom. The predicted molar refractivity (Wildman–Crippen MR) is 411 cm³/mol. The van der Waals surface area contributed by atoms with Crippen LogP contribution in [0.5, 0.6) is 5.75 Å². The first-order valence-corrected chi connectivity index (χ1v) is 40.7. The normalized spacial score (nSPS) is 25.0. The lowest BCUT2D eigenvalue weighted by Crippen LogP contribution is -2.64. The smallest absolute Gasteiger partial charge is 0.410 e. The van der Waals surface area contributed by atoms with Gasteiger partial charge in [-0.15, -0.1) is 0 Å². The van der Waals surface area contributed by atoms with Gasteiger partial charge < -0.3 is 74.7 Å². The van der Waals surface area contributed by atoms with E-state index in [-0.39, 0.29) is 108 Å². The molecule has 112 heavy (non-hydrogen) atoms. The Bertz CT molecular complexity index is 4620. The highest BCUT2D eigenvalue weighted by Crippen LogP contribution is 2.72. The van der Waals surface area contributed by atoms with Gasteiger partial charge in [0.2, 0.25) is 18.1 Å². The van der Waals surface area contributed by atoms with Gasteiger partial charge in [0.15, 0.2) is 16.9 Å². The number of ether oxygens (including phenoxy) is 4. The second-order valence-corrected chi connectivity index (χ2v) is 34.5. The first-order valence-electron chi connectivity index (χ1n) is 38.1. The number of aliphatic hydroxyl groups excluding tert-OH is 3. The summed E-state index contributed by atoms with van der Waals surface area (Å²) in [7, 11) is -4.31. The van der Waals surface area contributed by atoms with Gasteiger partial charge in [0.05, 0.1) is 40.5 Å². The molecule has 31 nitrogen and oxygen atoms in total. The molecule has 3 aromatic heterocycles. The summed E-state index contributed by atoms with van der Waals surface area (Å²) in [5, 5.41) is 65.8. The molecule has 4 aliphatic heterocycles. The van der Waals surface area contributed by atoms with E-state index >= 15 is 0 Å². The number of thiazole rings is 1. The highest BCUT2D eigenvalue weighted by molar-refractivity contribution is 7.51. The molecular weight excluding hydrogens is 1490 g/mol. The molecule has 7 atom stereocenters. The lowest BCUT2D eigenvalue weighted by molar-refractivity contribution is -0.271. The number of anilines is 3. The number of fused-ring (bicyclic) bond motifs is 2. The number of carboxylic acid groups (broad SMARTS) is 2. The third kappa shape index (κ3) is 18.8. The van der Waals surface area contributed by atoms with E-state index in [1.165, 1.54) is 35.6 Å². The Kier molecular flexibility index (Phi) is 24.3. The van der Waals surface area contributed by atoms with Crippen molar-refractivity contribution in [3.63, 3.8) is 0 Å². The Hall–Kier alpha value is -9.34. The van der Waals surface area contributed by atoms with Crippen LogP contribution < -0.4 is 25.6 Å². The molecule has 4 bridgehead atoms. The molecule has 6 aromatic rings. The number of hydrogen-bond acceptors (Lipinski definition) is 22. The van der Waals surface area contributed by atoms with Gasteiger partial charge in [-0.1, -0.05) is 68.0 Å². The van der Waals surface area contributed by atoms with E-state index < -0.39 is 67.8 Å².